The van der Waals surface area contributed by atoms with E-state index in [0.29, 0.717) is 17.0 Å². The lowest BCUT2D eigenvalue weighted by atomic mass is 9.98. The number of aromatic nitrogens is 1. The molecule has 0 atom stereocenters. The van der Waals surface area contributed by atoms with E-state index in [4.69, 9.17) is 4.74 Å². The van der Waals surface area contributed by atoms with Crippen molar-refractivity contribution >= 4 is 32.7 Å². The number of aliphatic hydroxyl groups excluding tert-OH is 1. The molecule has 1 aromatic heterocycles. The molecule has 0 unspecified atom stereocenters. The number of nitrogens with zero attached hydrogens (tertiary/aromatic N) is 2. The van der Waals surface area contributed by atoms with Crippen LogP contribution in [-0.4, -0.2) is 42.9 Å². The zero-order valence-corrected chi connectivity index (χ0v) is 12.7. The van der Waals surface area contributed by atoms with Crippen LogP contribution >= 0.6 is 11.3 Å². The molecule has 21 heavy (non-hydrogen) atoms. The lowest BCUT2D eigenvalue weighted by Gasteiger charge is -2.30. The number of carbonyl (C=O) groups excluding carboxylic acids is 1. The van der Waals surface area contributed by atoms with Gasteiger partial charge in [0.05, 0.1) is 22.9 Å². The minimum atomic E-state index is -0.351. The van der Waals surface area contributed by atoms with E-state index in [-0.39, 0.29) is 12.6 Å². The number of esters is 1. The summed E-state index contributed by atoms with van der Waals surface area (Å²) in [6, 6.07) is 5.58. The summed E-state index contributed by atoms with van der Waals surface area (Å²) in [7, 11) is 1.38. The van der Waals surface area contributed by atoms with E-state index in [1.807, 2.05) is 12.1 Å². The standard InChI is InChI=1S/C15H18N2O3S/c1-20-14(19)11-3-2-4-12-13(11)16-15(21-12)17-7-5-10(9-18)6-8-17/h2-4,10,18H,5-9H2,1H3. The van der Waals surface area contributed by atoms with E-state index in [1.165, 1.54) is 7.11 Å². The van der Waals surface area contributed by atoms with Gasteiger partial charge in [0.25, 0.3) is 0 Å². The van der Waals surface area contributed by atoms with Gasteiger partial charge in [-0.1, -0.05) is 17.4 Å². The number of hydrogen-bond acceptors (Lipinski definition) is 6. The van der Waals surface area contributed by atoms with Gasteiger partial charge in [0.2, 0.25) is 0 Å². The third kappa shape index (κ3) is 2.73. The number of carbonyl (C=O) groups is 1. The molecule has 1 N–H and O–H groups in total. The number of hydrogen-bond donors (Lipinski definition) is 1. The van der Waals surface area contributed by atoms with Crippen LogP contribution in [0.1, 0.15) is 23.2 Å². The zero-order valence-electron chi connectivity index (χ0n) is 11.9. The number of aliphatic hydroxyl groups is 1. The number of piperidine rings is 1. The molecule has 0 amide bonds. The Hall–Kier alpha value is -1.66. The maximum atomic E-state index is 11.8. The van der Waals surface area contributed by atoms with E-state index in [9.17, 15) is 9.90 Å². The van der Waals surface area contributed by atoms with Gasteiger partial charge in [-0.2, -0.15) is 0 Å². The summed E-state index contributed by atoms with van der Waals surface area (Å²) < 4.78 is 5.81. The molecule has 112 valence electrons. The van der Waals surface area contributed by atoms with Gasteiger partial charge in [-0.3, -0.25) is 0 Å². The molecular weight excluding hydrogens is 288 g/mol. The highest BCUT2D eigenvalue weighted by atomic mass is 32.1. The number of rotatable bonds is 3. The van der Waals surface area contributed by atoms with Crippen LogP contribution in [0, 0.1) is 5.92 Å². The maximum absolute atomic E-state index is 11.8. The molecule has 1 aliphatic heterocycles. The van der Waals surface area contributed by atoms with Gasteiger partial charge in [0.1, 0.15) is 0 Å². The quantitative estimate of drug-likeness (QED) is 0.882. The van der Waals surface area contributed by atoms with Crippen molar-refractivity contribution in [2.45, 2.75) is 12.8 Å². The summed E-state index contributed by atoms with van der Waals surface area (Å²) in [4.78, 5) is 18.7. The summed E-state index contributed by atoms with van der Waals surface area (Å²) in [5.74, 6) is 0.0534. The van der Waals surface area contributed by atoms with Gasteiger partial charge in [0, 0.05) is 19.7 Å². The molecule has 0 aliphatic carbocycles. The first kappa shape index (κ1) is 14.3. The number of anilines is 1. The van der Waals surface area contributed by atoms with E-state index in [2.05, 4.69) is 9.88 Å². The lowest BCUT2D eigenvalue weighted by Crippen LogP contribution is -2.34. The lowest BCUT2D eigenvalue weighted by molar-refractivity contribution is 0.0603. The maximum Gasteiger partial charge on any atom is 0.340 e. The highest BCUT2D eigenvalue weighted by Gasteiger charge is 2.22. The van der Waals surface area contributed by atoms with Crippen LogP contribution in [-0.2, 0) is 4.74 Å². The second kappa shape index (κ2) is 5.99. The molecule has 1 saturated heterocycles. The average molecular weight is 306 g/mol. The Labute approximate surface area is 127 Å². The van der Waals surface area contributed by atoms with Gasteiger partial charge in [0.15, 0.2) is 5.13 Å². The van der Waals surface area contributed by atoms with Crippen molar-refractivity contribution in [3.05, 3.63) is 23.8 Å². The summed E-state index contributed by atoms with van der Waals surface area (Å²) in [5, 5.41) is 10.1. The highest BCUT2D eigenvalue weighted by molar-refractivity contribution is 7.22. The van der Waals surface area contributed by atoms with Crippen LogP contribution in [0.2, 0.25) is 0 Å². The van der Waals surface area contributed by atoms with E-state index >= 15 is 0 Å². The van der Waals surface area contributed by atoms with Gasteiger partial charge < -0.3 is 14.7 Å². The number of fused-ring (bicyclic) bond motifs is 1. The molecule has 1 aliphatic rings. The van der Waals surface area contributed by atoms with Crippen molar-refractivity contribution in [3.8, 4) is 0 Å². The molecular formula is C15H18N2O3S. The highest BCUT2D eigenvalue weighted by Crippen LogP contribution is 2.33. The molecule has 2 heterocycles. The molecule has 1 fully saturated rings. The fraction of sp³-hybridized carbons (Fsp3) is 0.467. The normalized spacial score (nSPS) is 16.4. The third-order valence-electron chi connectivity index (χ3n) is 3.96. The third-order valence-corrected chi connectivity index (χ3v) is 5.04. The smallest absolute Gasteiger partial charge is 0.340 e. The molecule has 0 bridgehead atoms. The molecule has 2 aromatic rings. The number of thiazole rings is 1. The Morgan fingerprint density at radius 1 is 1.48 bits per heavy atom. The fourth-order valence-corrected chi connectivity index (χ4v) is 3.70. The van der Waals surface area contributed by atoms with E-state index < -0.39 is 0 Å². The molecule has 5 nitrogen and oxygen atoms in total. The molecule has 3 rings (SSSR count). The average Bonchev–Trinajstić information content (AvgIpc) is 2.98. The van der Waals surface area contributed by atoms with Crippen molar-refractivity contribution in [2.75, 3.05) is 31.7 Å². The summed E-state index contributed by atoms with van der Waals surface area (Å²) >= 11 is 1.60. The van der Waals surface area contributed by atoms with Crippen LogP contribution in [0.5, 0.6) is 0 Å². The van der Waals surface area contributed by atoms with Crippen molar-refractivity contribution in [3.63, 3.8) is 0 Å². The van der Waals surface area contributed by atoms with Crippen LogP contribution in [0.15, 0.2) is 18.2 Å². The van der Waals surface area contributed by atoms with E-state index in [1.54, 1.807) is 17.4 Å². The minimum absolute atomic E-state index is 0.264. The Kier molecular flexibility index (Phi) is 4.07. The summed E-state index contributed by atoms with van der Waals surface area (Å²) in [5.41, 5.74) is 1.23. The van der Waals surface area contributed by atoms with Gasteiger partial charge in [-0.05, 0) is 30.9 Å². The summed E-state index contributed by atoms with van der Waals surface area (Å²) in [6.07, 6.45) is 1.96. The van der Waals surface area contributed by atoms with Crippen molar-refractivity contribution < 1.29 is 14.6 Å². The largest absolute Gasteiger partial charge is 0.465 e. The van der Waals surface area contributed by atoms with E-state index in [0.717, 1.165) is 35.8 Å². The second-order valence-electron chi connectivity index (χ2n) is 5.25. The predicted molar refractivity (Wildman–Crippen MR) is 83.0 cm³/mol. The molecule has 0 saturated carbocycles. The monoisotopic (exact) mass is 306 g/mol. The Morgan fingerprint density at radius 3 is 2.90 bits per heavy atom. The molecule has 0 spiro atoms. The molecule has 6 heteroatoms. The van der Waals surface area contributed by atoms with Crippen molar-refractivity contribution in [1.29, 1.82) is 0 Å². The van der Waals surface area contributed by atoms with Gasteiger partial charge in [-0.25, -0.2) is 9.78 Å². The van der Waals surface area contributed by atoms with Crippen LogP contribution in [0.3, 0.4) is 0 Å². The number of benzene rings is 1. The zero-order chi connectivity index (χ0) is 14.8. The van der Waals surface area contributed by atoms with Gasteiger partial charge >= 0.3 is 5.97 Å². The summed E-state index contributed by atoms with van der Waals surface area (Å²) in [6.45, 7) is 2.07. The molecule has 0 radical (unpaired) electrons. The number of para-hydroxylation sites is 1. The van der Waals surface area contributed by atoms with Crippen LogP contribution in [0.4, 0.5) is 5.13 Å². The first-order chi connectivity index (χ1) is 10.2. The van der Waals surface area contributed by atoms with Gasteiger partial charge in [-0.15, -0.1) is 0 Å². The SMILES string of the molecule is COC(=O)c1cccc2sc(N3CCC(CO)CC3)nc12. The predicted octanol–water partition coefficient (Wildman–Crippen LogP) is 2.29. The van der Waals surface area contributed by atoms with Crippen molar-refractivity contribution in [1.82, 2.24) is 4.98 Å². The number of ether oxygens (including phenoxy) is 1. The first-order valence-corrected chi connectivity index (χ1v) is 7.88. The number of methoxy groups -OCH3 is 1. The Bertz CT molecular complexity index is 647. The Morgan fingerprint density at radius 2 is 2.24 bits per heavy atom. The fourth-order valence-electron chi connectivity index (χ4n) is 2.65. The van der Waals surface area contributed by atoms with Crippen LogP contribution in [0.25, 0.3) is 10.2 Å². The van der Waals surface area contributed by atoms with Crippen molar-refractivity contribution in [2.24, 2.45) is 5.92 Å². The van der Waals surface area contributed by atoms with Crippen LogP contribution < -0.4 is 4.90 Å². The molecule has 1 aromatic carbocycles. The Balaban J connectivity index is 1.89. The first-order valence-electron chi connectivity index (χ1n) is 7.06. The topological polar surface area (TPSA) is 62.7 Å². The minimum Gasteiger partial charge on any atom is -0.465 e. The second-order valence-corrected chi connectivity index (χ2v) is 6.26.